The number of hydrogen-bond donors (Lipinski definition) is 1. The highest BCUT2D eigenvalue weighted by Crippen LogP contribution is 2.37. The lowest BCUT2D eigenvalue weighted by Crippen LogP contribution is -2.21. The average Bonchev–Trinajstić information content (AvgIpc) is 2.70. The van der Waals surface area contributed by atoms with Crippen molar-refractivity contribution < 1.29 is 0 Å². The Hall–Kier alpha value is -0.0600. The maximum atomic E-state index is 6.32. The third kappa shape index (κ3) is 3.53. The van der Waals surface area contributed by atoms with Gasteiger partial charge in [-0.25, -0.2) is 0 Å². The van der Waals surface area contributed by atoms with Crippen LogP contribution in [0.2, 0.25) is 10.0 Å². The van der Waals surface area contributed by atoms with Gasteiger partial charge in [-0.3, -0.25) is 0 Å². The van der Waals surface area contributed by atoms with Crippen molar-refractivity contribution >= 4 is 50.5 Å². The van der Waals surface area contributed by atoms with E-state index in [1.807, 2.05) is 18.2 Å². The summed E-state index contributed by atoms with van der Waals surface area (Å²) in [4.78, 5) is 1.23. The van der Waals surface area contributed by atoms with Crippen LogP contribution < -0.4 is 5.32 Å². The van der Waals surface area contributed by atoms with E-state index in [1.165, 1.54) is 10.4 Å². The molecule has 1 atom stereocenters. The molecule has 0 saturated carbocycles. The Morgan fingerprint density at radius 1 is 1.32 bits per heavy atom. The minimum atomic E-state index is 0.0752. The van der Waals surface area contributed by atoms with Crippen LogP contribution in [0.4, 0.5) is 0 Å². The molecule has 102 valence electrons. The molecule has 5 heteroatoms. The fourth-order valence-corrected chi connectivity index (χ4v) is 4.00. The lowest BCUT2D eigenvalue weighted by atomic mass is 10.0. The summed E-state index contributed by atoms with van der Waals surface area (Å²) in [5.74, 6) is 0. The van der Waals surface area contributed by atoms with Crippen molar-refractivity contribution in [3.05, 3.63) is 54.1 Å². The first-order valence-electron chi connectivity index (χ1n) is 5.97. The van der Waals surface area contributed by atoms with Crippen LogP contribution in [0.25, 0.3) is 0 Å². The highest BCUT2D eigenvalue weighted by atomic mass is 79.9. The molecular formula is C14H14BrCl2NS. The summed E-state index contributed by atoms with van der Waals surface area (Å²) in [6.45, 7) is 5.04. The summed E-state index contributed by atoms with van der Waals surface area (Å²) in [6, 6.07) is 7.84. The van der Waals surface area contributed by atoms with E-state index in [0.717, 1.165) is 20.9 Å². The number of nitrogens with one attached hydrogen (secondary N) is 1. The highest BCUT2D eigenvalue weighted by molar-refractivity contribution is 9.11. The lowest BCUT2D eigenvalue weighted by molar-refractivity contribution is 0.640. The molecule has 0 spiro atoms. The molecule has 0 fully saturated rings. The number of benzene rings is 1. The van der Waals surface area contributed by atoms with Crippen molar-refractivity contribution in [3.63, 3.8) is 0 Å². The first-order valence-corrected chi connectivity index (χ1v) is 8.33. The molecule has 0 aliphatic heterocycles. The van der Waals surface area contributed by atoms with Gasteiger partial charge in [0.1, 0.15) is 0 Å². The molecule has 1 heterocycles. The Labute approximate surface area is 136 Å². The van der Waals surface area contributed by atoms with Gasteiger partial charge in [0.2, 0.25) is 0 Å². The second-order valence-corrected chi connectivity index (χ2v) is 7.51. The van der Waals surface area contributed by atoms with Gasteiger partial charge in [-0.2, -0.15) is 0 Å². The molecule has 1 aromatic carbocycles. The van der Waals surface area contributed by atoms with E-state index in [9.17, 15) is 0 Å². The molecule has 1 nitrogen and oxygen atoms in total. The predicted octanol–water partition coefficient (Wildman–Crippen LogP) is 5.82. The van der Waals surface area contributed by atoms with E-state index in [2.05, 4.69) is 41.2 Å². The molecule has 0 aliphatic carbocycles. The lowest BCUT2D eigenvalue weighted by Gasteiger charge is -2.18. The van der Waals surface area contributed by atoms with Crippen molar-refractivity contribution in [1.82, 2.24) is 5.32 Å². The second kappa shape index (κ2) is 6.59. The Morgan fingerprint density at radius 3 is 2.63 bits per heavy atom. The minimum Gasteiger partial charge on any atom is -0.306 e. The topological polar surface area (TPSA) is 12.0 Å². The standard InChI is InChI=1S/C14H14BrCl2NS/c1-3-18-13(12-6-8(2)14(15)19-12)10-7-9(16)4-5-11(10)17/h4-7,13,18H,3H2,1-2H3. The fraction of sp³-hybridized carbons (Fsp3) is 0.286. The van der Waals surface area contributed by atoms with Gasteiger partial charge in [-0.15, -0.1) is 11.3 Å². The van der Waals surface area contributed by atoms with Gasteiger partial charge in [-0.1, -0.05) is 30.1 Å². The highest BCUT2D eigenvalue weighted by Gasteiger charge is 2.19. The molecule has 19 heavy (non-hydrogen) atoms. The molecule has 0 amide bonds. The summed E-state index contributed by atoms with van der Waals surface area (Å²) in [5.41, 5.74) is 2.26. The van der Waals surface area contributed by atoms with Crippen LogP contribution in [-0.2, 0) is 0 Å². The third-order valence-electron chi connectivity index (χ3n) is 2.84. The van der Waals surface area contributed by atoms with Gasteiger partial charge >= 0.3 is 0 Å². The summed E-state index contributed by atoms with van der Waals surface area (Å²) in [5, 5.41) is 4.91. The third-order valence-corrected chi connectivity index (χ3v) is 5.62. The maximum absolute atomic E-state index is 6.32. The van der Waals surface area contributed by atoms with E-state index in [4.69, 9.17) is 23.2 Å². The van der Waals surface area contributed by atoms with Crippen LogP contribution in [0.1, 0.15) is 29.0 Å². The van der Waals surface area contributed by atoms with Crippen LogP contribution in [0, 0.1) is 6.92 Å². The predicted molar refractivity (Wildman–Crippen MR) is 88.7 cm³/mol. The van der Waals surface area contributed by atoms with Crippen LogP contribution in [0.15, 0.2) is 28.1 Å². The zero-order valence-electron chi connectivity index (χ0n) is 10.6. The molecule has 1 N–H and O–H groups in total. The van der Waals surface area contributed by atoms with Crippen LogP contribution in [0.3, 0.4) is 0 Å². The Bertz CT molecular complexity index is 563. The number of halogens is 3. The molecule has 0 bridgehead atoms. The van der Waals surface area contributed by atoms with Crippen molar-refractivity contribution in [2.24, 2.45) is 0 Å². The van der Waals surface area contributed by atoms with Gasteiger partial charge in [0.15, 0.2) is 0 Å². The van der Waals surface area contributed by atoms with E-state index in [-0.39, 0.29) is 6.04 Å². The van der Waals surface area contributed by atoms with Gasteiger partial charge in [0.05, 0.1) is 9.83 Å². The second-order valence-electron chi connectivity index (χ2n) is 4.26. The SMILES string of the molecule is CCNC(c1cc(C)c(Br)s1)c1cc(Cl)ccc1Cl. The first kappa shape index (κ1) is 15.3. The average molecular weight is 379 g/mol. The molecule has 1 aromatic heterocycles. The van der Waals surface area contributed by atoms with Crippen LogP contribution >= 0.6 is 50.5 Å². The summed E-state index contributed by atoms with van der Waals surface area (Å²) >= 11 is 17.7. The zero-order valence-corrected chi connectivity index (χ0v) is 14.6. The quantitative estimate of drug-likeness (QED) is 0.706. The zero-order chi connectivity index (χ0) is 14.0. The van der Waals surface area contributed by atoms with Crippen LogP contribution in [-0.4, -0.2) is 6.54 Å². The number of aryl methyl sites for hydroxylation is 1. The fourth-order valence-electron chi connectivity index (χ4n) is 1.93. The van der Waals surface area contributed by atoms with E-state index in [0.29, 0.717) is 5.02 Å². The molecule has 0 aliphatic rings. The largest absolute Gasteiger partial charge is 0.306 e. The van der Waals surface area contributed by atoms with Crippen LogP contribution in [0.5, 0.6) is 0 Å². The molecule has 0 radical (unpaired) electrons. The number of thiophene rings is 1. The monoisotopic (exact) mass is 377 g/mol. The minimum absolute atomic E-state index is 0.0752. The van der Waals surface area contributed by atoms with Crippen molar-refractivity contribution in [2.75, 3.05) is 6.54 Å². The first-order chi connectivity index (χ1) is 9.02. The number of rotatable bonds is 4. The molecule has 2 aromatic rings. The van der Waals surface area contributed by atoms with Gasteiger partial charge < -0.3 is 5.32 Å². The maximum Gasteiger partial charge on any atom is 0.0731 e. The summed E-state index contributed by atoms with van der Waals surface area (Å²) in [6.07, 6.45) is 0. The molecule has 1 unspecified atom stereocenters. The van der Waals surface area contributed by atoms with Gasteiger partial charge in [0.25, 0.3) is 0 Å². The molecule has 2 rings (SSSR count). The smallest absolute Gasteiger partial charge is 0.0731 e. The van der Waals surface area contributed by atoms with Crippen molar-refractivity contribution in [2.45, 2.75) is 19.9 Å². The molecule has 0 saturated heterocycles. The Morgan fingerprint density at radius 2 is 2.05 bits per heavy atom. The van der Waals surface area contributed by atoms with Gasteiger partial charge in [-0.05, 0) is 64.8 Å². The van der Waals surface area contributed by atoms with Crippen molar-refractivity contribution in [3.8, 4) is 0 Å². The summed E-state index contributed by atoms with van der Waals surface area (Å²) < 4.78 is 1.16. The molecular weight excluding hydrogens is 365 g/mol. The van der Waals surface area contributed by atoms with Crippen molar-refractivity contribution in [1.29, 1.82) is 0 Å². The number of hydrogen-bond acceptors (Lipinski definition) is 2. The van der Waals surface area contributed by atoms with E-state index in [1.54, 1.807) is 11.3 Å². The van der Waals surface area contributed by atoms with E-state index >= 15 is 0 Å². The Balaban J connectivity index is 2.47. The van der Waals surface area contributed by atoms with E-state index < -0.39 is 0 Å². The Kier molecular flexibility index (Phi) is 5.32. The van der Waals surface area contributed by atoms with Gasteiger partial charge in [0, 0.05) is 14.9 Å². The normalized spacial score (nSPS) is 12.7. The summed E-state index contributed by atoms with van der Waals surface area (Å²) in [7, 11) is 0.